The molecule has 21 heavy (non-hydrogen) atoms. The molecule has 0 spiro atoms. The standard InChI is InChI=1S/C19H41NO/c1-2-3-4-5-6-7-8-9-10-11-12-13-14-15-16-17-18-20-19-21/h20-21H,2-19H2,1H3. The zero-order chi connectivity index (χ0) is 15.4. The van der Waals surface area contributed by atoms with E-state index in [1.165, 1.54) is 103 Å². The quantitative estimate of drug-likeness (QED) is 0.248. The molecule has 0 unspecified atom stereocenters. The Morgan fingerprint density at radius 1 is 0.524 bits per heavy atom. The highest BCUT2D eigenvalue weighted by Gasteiger charge is 1.94. The van der Waals surface area contributed by atoms with Crippen LogP contribution in [0.25, 0.3) is 0 Å². The van der Waals surface area contributed by atoms with Crippen LogP contribution in [0.1, 0.15) is 110 Å². The van der Waals surface area contributed by atoms with Gasteiger partial charge in [-0.1, -0.05) is 103 Å². The minimum absolute atomic E-state index is 0.124. The zero-order valence-corrected chi connectivity index (χ0v) is 14.7. The van der Waals surface area contributed by atoms with Crippen LogP contribution in [0.4, 0.5) is 0 Å². The van der Waals surface area contributed by atoms with Crippen LogP contribution in [0.5, 0.6) is 0 Å². The molecule has 0 fully saturated rings. The lowest BCUT2D eigenvalue weighted by Crippen LogP contribution is -2.15. The van der Waals surface area contributed by atoms with Gasteiger partial charge in [-0.2, -0.15) is 0 Å². The van der Waals surface area contributed by atoms with Crippen molar-refractivity contribution in [1.29, 1.82) is 0 Å². The Labute approximate surface area is 134 Å². The lowest BCUT2D eigenvalue weighted by Gasteiger charge is -2.03. The van der Waals surface area contributed by atoms with Crippen molar-refractivity contribution in [2.24, 2.45) is 0 Å². The predicted octanol–water partition coefficient (Wildman–Crippen LogP) is 5.79. The fourth-order valence-electron chi connectivity index (χ4n) is 2.88. The summed E-state index contributed by atoms with van der Waals surface area (Å²) >= 11 is 0. The maximum Gasteiger partial charge on any atom is 0.0931 e. The Kier molecular flexibility index (Phi) is 19.8. The van der Waals surface area contributed by atoms with Gasteiger partial charge in [-0.05, 0) is 13.0 Å². The van der Waals surface area contributed by atoms with E-state index in [1.807, 2.05) is 0 Å². The predicted molar refractivity (Wildman–Crippen MR) is 94.6 cm³/mol. The number of unbranched alkanes of at least 4 members (excludes halogenated alkanes) is 15. The molecule has 0 rings (SSSR count). The molecule has 0 bridgehead atoms. The van der Waals surface area contributed by atoms with Gasteiger partial charge in [-0.15, -0.1) is 0 Å². The van der Waals surface area contributed by atoms with E-state index in [-0.39, 0.29) is 6.73 Å². The third-order valence-corrected chi connectivity index (χ3v) is 4.32. The number of rotatable bonds is 18. The van der Waals surface area contributed by atoms with Gasteiger partial charge in [0.2, 0.25) is 0 Å². The summed E-state index contributed by atoms with van der Waals surface area (Å²) in [6.45, 7) is 3.38. The Morgan fingerprint density at radius 2 is 0.857 bits per heavy atom. The van der Waals surface area contributed by atoms with Crippen LogP contribution in [0.2, 0.25) is 0 Å². The molecule has 128 valence electrons. The largest absolute Gasteiger partial charge is 0.381 e. The van der Waals surface area contributed by atoms with Crippen LogP contribution in [-0.2, 0) is 0 Å². The van der Waals surface area contributed by atoms with Gasteiger partial charge in [0.15, 0.2) is 0 Å². The number of nitrogens with one attached hydrogen (secondary N) is 1. The van der Waals surface area contributed by atoms with Gasteiger partial charge in [0.25, 0.3) is 0 Å². The van der Waals surface area contributed by atoms with Gasteiger partial charge >= 0.3 is 0 Å². The SMILES string of the molecule is CCCCCCCCCCCCCCCCCCNCO. The van der Waals surface area contributed by atoms with Gasteiger partial charge in [0, 0.05) is 0 Å². The van der Waals surface area contributed by atoms with E-state index in [1.54, 1.807) is 0 Å². The van der Waals surface area contributed by atoms with Crippen molar-refractivity contribution in [2.75, 3.05) is 13.3 Å². The normalized spacial score (nSPS) is 11.1. The van der Waals surface area contributed by atoms with E-state index < -0.39 is 0 Å². The van der Waals surface area contributed by atoms with Gasteiger partial charge in [-0.25, -0.2) is 0 Å². The summed E-state index contributed by atoms with van der Waals surface area (Å²) in [6, 6.07) is 0. The Balaban J connectivity index is 2.90. The Morgan fingerprint density at radius 3 is 1.19 bits per heavy atom. The molecule has 0 amide bonds. The minimum atomic E-state index is 0.124. The summed E-state index contributed by atoms with van der Waals surface area (Å²) in [6.07, 6.45) is 22.6. The fourth-order valence-corrected chi connectivity index (χ4v) is 2.88. The molecule has 0 saturated carbocycles. The van der Waals surface area contributed by atoms with Crippen molar-refractivity contribution in [1.82, 2.24) is 5.32 Å². The molecule has 0 aromatic carbocycles. The van der Waals surface area contributed by atoms with E-state index >= 15 is 0 Å². The third-order valence-electron chi connectivity index (χ3n) is 4.32. The first-order valence-corrected chi connectivity index (χ1v) is 9.73. The molecule has 2 nitrogen and oxygen atoms in total. The maximum absolute atomic E-state index is 8.58. The van der Waals surface area contributed by atoms with Crippen LogP contribution in [0, 0.1) is 0 Å². The van der Waals surface area contributed by atoms with Crippen molar-refractivity contribution < 1.29 is 5.11 Å². The third kappa shape index (κ3) is 19.9. The highest BCUT2D eigenvalue weighted by molar-refractivity contribution is 4.50. The fraction of sp³-hybridized carbons (Fsp3) is 1.00. The second kappa shape index (κ2) is 19.9. The smallest absolute Gasteiger partial charge is 0.0931 e. The lowest BCUT2D eigenvalue weighted by molar-refractivity contribution is 0.260. The second-order valence-corrected chi connectivity index (χ2v) is 6.46. The van der Waals surface area contributed by atoms with E-state index in [4.69, 9.17) is 5.11 Å². The first kappa shape index (κ1) is 20.9. The summed E-state index contributed by atoms with van der Waals surface area (Å²) in [5, 5.41) is 11.5. The van der Waals surface area contributed by atoms with E-state index in [9.17, 15) is 0 Å². The Hall–Kier alpha value is -0.0800. The molecule has 0 aliphatic heterocycles. The van der Waals surface area contributed by atoms with E-state index in [0.717, 1.165) is 6.54 Å². The summed E-state index contributed by atoms with van der Waals surface area (Å²) in [5.74, 6) is 0. The van der Waals surface area contributed by atoms with Crippen LogP contribution >= 0.6 is 0 Å². The van der Waals surface area contributed by atoms with Crippen molar-refractivity contribution in [3.8, 4) is 0 Å². The maximum atomic E-state index is 8.58. The highest BCUT2D eigenvalue weighted by Crippen LogP contribution is 2.13. The summed E-state index contributed by atoms with van der Waals surface area (Å²) in [5.41, 5.74) is 0. The molecule has 2 N–H and O–H groups in total. The van der Waals surface area contributed by atoms with E-state index in [0.29, 0.717) is 0 Å². The lowest BCUT2D eigenvalue weighted by atomic mass is 10.0. The van der Waals surface area contributed by atoms with Gasteiger partial charge < -0.3 is 5.11 Å². The molecule has 0 aromatic rings. The van der Waals surface area contributed by atoms with E-state index in [2.05, 4.69) is 12.2 Å². The number of aliphatic hydroxyl groups excluding tert-OH is 1. The van der Waals surface area contributed by atoms with Crippen LogP contribution < -0.4 is 5.32 Å². The topological polar surface area (TPSA) is 32.3 Å². The molecule has 0 atom stereocenters. The zero-order valence-electron chi connectivity index (χ0n) is 14.7. The monoisotopic (exact) mass is 299 g/mol. The van der Waals surface area contributed by atoms with Crippen molar-refractivity contribution in [2.45, 2.75) is 110 Å². The number of aliphatic hydroxyl groups is 1. The molecule has 0 heterocycles. The summed E-state index contributed by atoms with van der Waals surface area (Å²) in [7, 11) is 0. The molecule has 0 saturated heterocycles. The first-order chi connectivity index (χ1) is 10.4. The molecular formula is C19H41NO. The number of hydrogen-bond donors (Lipinski definition) is 2. The van der Waals surface area contributed by atoms with Crippen molar-refractivity contribution in [3.05, 3.63) is 0 Å². The molecule has 0 aliphatic carbocycles. The van der Waals surface area contributed by atoms with Gasteiger partial charge in [-0.3, -0.25) is 5.32 Å². The molecule has 0 radical (unpaired) electrons. The highest BCUT2D eigenvalue weighted by atomic mass is 16.3. The van der Waals surface area contributed by atoms with Crippen molar-refractivity contribution >= 4 is 0 Å². The molecule has 0 aromatic heterocycles. The molecule has 0 aliphatic rings. The summed E-state index contributed by atoms with van der Waals surface area (Å²) in [4.78, 5) is 0. The summed E-state index contributed by atoms with van der Waals surface area (Å²) < 4.78 is 0. The first-order valence-electron chi connectivity index (χ1n) is 9.73. The average molecular weight is 300 g/mol. The average Bonchev–Trinajstić information content (AvgIpc) is 2.50. The van der Waals surface area contributed by atoms with Gasteiger partial charge in [0.05, 0.1) is 6.73 Å². The van der Waals surface area contributed by atoms with Crippen LogP contribution in [0.3, 0.4) is 0 Å². The minimum Gasteiger partial charge on any atom is -0.381 e. The Bertz CT molecular complexity index is 155. The second-order valence-electron chi connectivity index (χ2n) is 6.46. The molecular weight excluding hydrogens is 258 g/mol. The molecule has 2 heteroatoms. The van der Waals surface area contributed by atoms with Gasteiger partial charge in [0.1, 0.15) is 0 Å². The number of hydrogen-bond acceptors (Lipinski definition) is 2. The van der Waals surface area contributed by atoms with Crippen molar-refractivity contribution in [3.63, 3.8) is 0 Å². The van der Waals surface area contributed by atoms with Crippen LogP contribution in [0.15, 0.2) is 0 Å². The van der Waals surface area contributed by atoms with Crippen LogP contribution in [-0.4, -0.2) is 18.4 Å².